The van der Waals surface area contributed by atoms with Crippen LogP contribution >= 0.6 is 0 Å². The third kappa shape index (κ3) is 5.42. The van der Waals surface area contributed by atoms with Crippen LogP contribution in [0, 0.1) is 13.8 Å². The van der Waals surface area contributed by atoms with Crippen molar-refractivity contribution < 1.29 is 4.79 Å². The number of benzene rings is 2. The maximum absolute atomic E-state index is 14.3. The summed E-state index contributed by atoms with van der Waals surface area (Å²) in [5.74, 6) is -0.102. The minimum absolute atomic E-state index is 0.0536. The molecule has 1 amide bonds. The Kier molecular flexibility index (Phi) is 7.94. The first kappa shape index (κ1) is 29.0. The Hall–Kier alpha value is -5.51. The Morgan fingerprint density at radius 1 is 1.05 bits per heavy atom. The van der Waals surface area contributed by atoms with E-state index in [1.54, 1.807) is 11.6 Å². The predicted octanol–water partition coefficient (Wildman–Crippen LogP) is 5.21. The van der Waals surface area contributed by atoms with E-state index in [4.69, 9.17) is 5.73 Å². The number of nitrogen functional groups attached to an aromatic ring is 1. The van der Waals surface area contributed by atoms with Crippen molar-refractivity contribution in [3.8, 4) is 5.69 Å². The van der Waals surface area contributed by atoms with Gasteiger partial charge in [-0.2, -0.15) is 10.2 Å². The van der Waals surface area contributed by atoms with Crippen LogP contribution < -0.4 is 16.6 Å². The monoisotopic (exact) mass is 574 g/mol. The summed E-state index contributed by atoms with van der Waals surface area (Å²) in [5.41, 5.74) is 11.1. The summed E-state index contributed by atoms with van der Waals surface area (Å²) in [6.07, 6.45) is 6.93. The second-order valence-corrected chi connectivity index (χ2v) is 10.3. The summed E-state index contributed by atoms with van der Waals surface area (Å²) in [5, 5.41) is 13.0. The molecule has 0 radical (unpaired) electrons. The number of aromatic nitrogens is 5. The second-order valence-electron chi connectivity index (χ2n) is 10.3. The number of hydrogen-bond donors (Lipinski definition) is 2. The number of nitrogens with one attached hydrogen (secondary N) is 1. The Balaban J connectivity index is 1.63. The van der Waals surface area contributed by atoms with E-state index in [9.17, 15) is 9.59 Å². The summed E-state index contributed by atoms with van der Waals surface area (Å²) in [6.45, 7) is 9.45. The van der Waals surface area contributed by atoms with E-state index in [0.717, 1.165) is 27.9 Å². The number of allylic oxidation sites excluding steroid dienone is 1. The maximum atomic E-state index is 14.3. The number of hydrogen-bond acceptors (Lipinski definition) is 6. The number of nitrogens with zero attached hydrogens (tertiary/aromatic N) is 6. The van der Waals surface area contributed by atoms with Crippen LogP contribution in [0.1, 0.15) is 51.5 Å². The lowest BCUT2D eigenvalue weighted by Crippen LogP contribution is -2.32. The van der Waals surface area contributed by atoms with Gasteiger partial charge in [-0.3, -0.25) is 18.8 Å². The molecule has 0 fully saturated rings. The smallest absolute Gasteiger partial charge is 0.263 e. The van der Waals surface area contributed by atoms with Crippen molar-refractivity contribution in [3.63, 3.8) is 0 Å². The van der Waals surface area contributed by atoms with Crippen LogP contribution in [0.3, 0.4) is 0 Å². The molecule has 43 heavy (non-hydrogen) atoms. The molecular formula is C33H34N8O2. The zero-order chi connectivity index (χ0) is 30.8. The number of anilines is 1. The van der Waals surface area contributed by atoms with E-state index in [-0.39, 0.29) is 16.9 Å². The molecule has 0 saturated heterocycles. The molecule has 3 N–H and O–H groups in total. The van der Waals surface area contributed by atoms with E-state index in [2.05, 4.69) is 27.1 Å². The zero-order valence-electron chi connectivity index (χ0n) is 24.9. The largest absolute Gasteiger partial charge is 0.381 e. The van der Waals surface area contributed by atoms with Crippen LogP contribution in [0.15, 0.2) is 77.0 Å². The zero-order valence-corrected chi connectivity index (χ0v) is 24.9. The van der Waals surface area contributed by atoms with Crippen molar-refractivity contribution in [2.45, 2.75) is 26.8 Å². The molecule has 1 atom stereocenters. The minimum Gasteiger partial charge on any atom is -0.381 e. The lowest BCUT2D eigenvalue weighted by Gasteiger charge is -2.21. The highest BCUT2D eigenvalue weighted by molar-refractivity contribution is 6.03. The average molecular weight is 575 g/mol. The first-order valence-corrected chi connectivity index (χ1v) is 13.8. The minimum atomic E-state index is -0.583. The third-order valence-corrected chi connectivity index (χ3v) is 7.48. The van der Waals surface area contributed by atoms with Crippen molar-refractivity contribution in [2.24, 2.45) is 19.1 Å². The highest BCUT2D eigenvalue weighted by atomic mass is 16.2. The number of aliphatic imine (C=N–C) groups is 1. The molecule has 0 spiro atoms. The lowest BCUT2D eigenvalue weighted by molar-refractivity contribution is 0.0940. The molecule has 1 unspecified atom stereocenters. The summed E-state index contributed by atoms with van der Waals surface area (Å²) < 4.78 is 4.93. The molecule has 5 aromatic rings. The van der Waals surface area contributed by atoms with Crippen LogP contribution in [0.2, 0.25) is 0 Å². The number of aryl methyl sites for hydroxylation is 3. The van der Waals surface area contributed by atoms with Crippen LogP contribution in [0.4, 0.5) is 11.6 Å². The van der Waals surface area contributed by atoms with Crippen molar-refractivity contribution >= 4 is 46.7 Å². The van der Waals surface area contributed by atoms with Crippen molar-refractivity contribution in [3.05, 3.63) is 111 Å². The highest BCUT2D eigenvalue weighted by Crippen LogP contribution is 2.28. The maximum Gasteiger partial charge on any atom is 0.263 e. The number of carbonyl (C=O) groups excluding carboxylic acids is 1. The number of pyridine rings is 1. The van der Waals surface area contributed by atoms with Crippen molar-refractivity contribution in [1.29, 1.82) is 0 Å². The molecule has 10 heteroatoms. The standard InChI is InChI=1S/C33H34N8O2/c1-7-18-35-31-29(30(34)38-40(31)6)32(42)36-21(3)27-19-24-13-11-12-23(16-17-26-20(2)37-39(5)22(26)4)28(24)33(43)41(27)25-14-9-8-10-15-25/h7-19,21H,1H2,2-6H3,(H2,34,38)(H,36,42)/b17-16+,35-18-. The average Bonchev–Trinajstić information content (AvgIpc) is 3.41. The van der Waals surface area contributed by atoms with E-state index in [1.165, 1.54) is 17.0 Å². The number of para-hydroxylation sites is 1. The molecule has 3 heterocycles. The van der Waals surface area contributed by atoms with Gasteiger partial charge < -0.3 is 11.1 Å². The molecule has 0 saturated carbocycles. The van der Waals surface area contributed by atoms with Crippen molar-refractivity contribution in [1.82, 2.24) is 29.4 Å². The topological polar surface area (TPSA) is 125 Å². The predicted molar refractivity (Wildman–Crippen MR) is 173 cm³/mol. The molecule has 0 aliphatic carbocycles. The van der Waals surface area contributed by atoms with E-state index >= 15 is 0 Å². The summed E-state index contributed by atoms with van der Waals surface area (Å²) in [4.78, 5) is 32.2. The third-order valence-electron chi connectivity index (χ3n) is 7.48. The SMILES string of the molecule is C=C/C=N\c1c(C(=O)NC(C)c2cc3cccc(/C=C/c4c(C)nn(C)c4C)c3c(=O)n2-c2ccccc2)c(N)nn1C. The summed E-state index contributed by atoms with van der Waals surface area (Å²) >= 11 is 0. The molecule has 0 aliphatic rings. The van der Waals surface area contributed by atoms with Gasteiger partial charge in [0.05, 0.1) is 17.1 Å². The van der Waals surface area contributed by atoms with Crippen LogP contribution in [-0.2, 0) is 14.1 Å². The van der Waals surface area contributed by atoms with E-state index in [1.807, 2.05) is 99.3 Å². The number of fused-ring (bicyclic) bond motifs is 1. The fourth-order valence-electron chi connectivity index (χ4n) is 5.28. The quantitative estimate of drug-likeness (QED) is 0.246. The van der Waals surface area contributed by atoms with Gasteiger partial charge in [0.2, 0.25) is 0 Å². The molecule has 3 aromatic heterocycles. The molecule has 218 valence electrons. The van der Waals surface area contributed by atoms with Gasteiger partial charge in [0, 0.05) is 42.9 Å². The van der Waals surface area contributed by atoms with Crippen LogP contribution in [-0.4, -0.2) is 36.2 Å². The molecule has 0 bridgehead atoms. The number of rotatable bonds is 8. The van der Waals surface area contributed by atoms with Gasteiger partial charge in [-0.15, -0.1) is 0 Å². The summed E-state index contributed by atoms with van der Waals surface area (Å²) in [6, 6.07) is 16.5. The van der Waals surface area contributed by atoms with Gasteiger partial charge in [-0.25, -0.2) is 9.67 Å². The fraction of sp³-hybridized carbons (Fsp3) is 0.182. The Morgan fingerprint density at radius 3 is 2.47 bits per heavy atom. The van der Waals surface area contributed by atoms with Gasteiger partial charge in [-0.1, -0.05) is 61.2 Å². The second kappa shape index (κ2) is 11.8. The number of carbonyl (C=O) groups is 1. The van der Waals surface area contributed by atoms with Gasteiger partial charge >= 0.3 is 0 Å². The number of nitrogens with two attached hydrogens (primary N) is 1. The fourth-order valence-corrected chi connectivity index (χ4v) is 5.28. The van der Waals surface area contributed by atoms with Gasteiger partial charge in [0.1, 0.15) is 5.56 Å². The van der Waals surface area contributed by atoms with Crippen LogP contribution in [0.5, 0.6) is 0 Å². The lowest BCUT2D eigenvalue weighted by atomic mass is 10.0. The first-order chi connectivity index (χ1) is 20.6. The van der Waals surface area contributed by atoms with E-state index in [0.29, 0.717) is 22.6 Å². The molecular weight excluding hydrogens is 540 g/mol. The van der Waals surface area contributed by atoms with Gasteiger partial charge in [0.25, 0.3) is 11.5 Å². The molecule has 5 rings (SSSR count). The number of amides is 1. The molecule has 10 nitrogen and oxygen atoms in total. The molecule has 2 aromatic carbocycles. The van der Waals surface area contributed by atoms with Gasteiger partial charge in [0.15, 0.2) is 11.6 Å². The first-order valence-electron chi connectivity index (χ1n) is 13.8. The molecule has 0 aliphatic heterocycles. The summed E-state index contributed by atoms with van der Waals surface area (Å²) in [7, 11) is 3.57. The van der Waals surface area contributed by atoms with Crippen molar-refractivity contribution in [2.75, 3.05) is 5.73 Å². The Morgan fingerprint density at radius 2 is 1.79 bits per heavy atom. The van der Waals surface area contributed by atoms with E-state index < -0.39 is 11.9 Å². The highest BCUT2D eigenvalue weighted by Gasteiger charge is 2.25. The normalized spacial score (nSPS) is 12.4. The Bertz CT molecular complexity index is 1980. The Labute approximate surface area is 249 Å². The van der Waals surface area contributed by atoms with Gasteiger partial charge in [-0.05, 0) is 49.9 Å². The van der Waals surface area contributed by atoms with Crippen LogP contribution in [0.25, 0.3) is 28.6 Å².